The van der Waals surface area contributed by atoms with Crippen molar-refractivity contribution in [2.75, 3.05) is 5.32 Å². The molecule has 0 saturated heterocycles. The number of nitrogens with zero attached hydrogens (tertiary/aromatic N) is 3. The third-order valence-electron chi connectivity index (χ3n) is 4.18. The zero-order chi connectivity index (χ0) is 18.8. The number of thiophene rings is 1. The molecule has 3 heterocycles. The average molecular weight is 395 g/mol. The molecule has 0 fully saturated rings. The second kappa shape index (κ2) is 7.46. The molecule has 136 valence electrons. The first-order chi connectivity index (χ1) is 13.1. The zero-order valence-electron chi connectivity index (χ0n) is 15.0. The number of aryl methyl sites for hydroxylation is 1. The van der Waals surface area contributed by atoms with Crippen LogP contribution in [0.5, 0.6) is 0 Å². The van der Waals surface area contributed by atoms with Gasteiger partial charge in [-0.3, -0.25) is 4.79 Å². The summed E-state index contributed by atoms with van der Waals surface area (Å²) in [6, 6.07) is 13.9. The summed E-state index contributed by atoms with van der Waals surface area (Å²) in [4.78, 5) is 18.3. The number of anilines is 1. The van der Waals surface area contributed by atoms with Gasteiger partial charge in [0.2, 0.25) is 5.91 Å². The highest BCUT2D eigenvalue weighted by Crippen LogP contribution is 2.28. The molecule has 0 aliphatic carbocycles. The minimum absolute atomic E-state index is 0.0863. The summed E-state index contributed by atoms with van der Waals surface area (Å²) in [6.45, 7) is 3.86. The number of hydrogen-bond acceptors (Lipinski definition) is 5. The molecule has 7 heteroatoms. The number of amides is 1. The molecule has 4 aromatic rings. The SMILES string of the molecule is Cc1nn(-c2ccccc2)c(C)c1NC(=O)Cc1csc(-c2cccs2)n1. The van der Waals surface area contributed by atoms with E-state index in [0.29, 0.717) is 0 Å². The molecular weight excluding hydrogens is 376 g/mol. The van der Waals surface area contributed by atoms with Crippen molar-refractivity contribution in [2.24, 2.45) is 0 Å². The third-order valence-corrected chi connectivity index (χ3v) is 6.11. The Balaban J connectivity index is 1.50. The smallest absolute Gasteiger partial charge is 0.230 e. The Morgan fingerprint density at radius 3 is 2.67 bits per heavy atom. The van der Waals surface area contributed by atoms with Gasteiger partial charge in [0.15, 0.2) is 0 Å². The summed E-state index contributed by atoms with van der Waals surface area (Å²) in [6.07, 6.45) is 0.247. The Labute approximate surface area is 165 Å². The fraction of sp³-hybridized carbons (Fsp3) is 0.150. The van der Waals surface area contributed by atoms with E-state index in [9.17, 15) is 4.79 Å². The number of carbonyl (C=O) groups is 1. The van der Waals surface area contributed by atoms with Crippen LogP contribution in [0, 0.1) is 13.8 Å². The molecular formula is C20H18N4OS2. The first kappa shape index (κ1) is 17.6. The van der Waals surface area contributed by atoms with Gasteiger partial charge in [-0.15, -0.1) is 22.7 Å². The van der Waals surface area contributed by atoms with E-state index in [2.05, 4.69) is 15.4 Å². The van der Waals surface area contributed by atoms with Crippen molar-refractivity contribution in [2.45, 2.75) is 20.3 Å². The van der Waals surface area contributed by atoms with E-state index in [1.807, 2.05) is 71.8 Å². The van der Waals surface area contributed by atoms with E-state index in [1.165, 1.54) is 0 Å². The molecule has 0 atom stereocenters. The minimum atomic E-state index is -0.0863. The van der Waals surface area contributed by atoms with Crippen molar-refractivity contribution in [3.8, 4) is 15.6 Å². The Morgan fingerprint density at radius 1 is 1.11 bits per heavy atom. The number of thiazole rings is 1. The van der Waals surface area contributed by atoms with E-state index in [-0.39, 0.29) is 12.3 Å². The van der Waals surface area contributed by atoms with Crippen LogP contribution in [0.25, 0.3) is 15.6 Å². The van der Waals surface area contributed by atoms with Crippen LogP contribution in [0.2, 0.25) is 0 Å². The van der Waals surface area contributed by atoms with Crippen LogP contribution in [0.3, 0.4) is 0 Å². The van der Waals surface area contributed by atoms with Crippen molar-refractivity contribution in [1.29, 1.82) is 0 Å². The number of rotatable bonds is 5. The number of benzene rings is 1. The Kier molecular flexibility index (Phi) is 4.87. The highest BCUT2D eigenvalue weighted by Gasteiger charge is 2.16. The molecule has 4 rings (SSSR count). The van der Waals surface area contributed by atoms with Gasteiger partial charge in [0.05, 0.1) is 39.8 Å². The Hall–Kier alpha value is -2.77. The van der Waals surface area contributed by atoms with E-state index < -0.39 is 0 Å². The molecule has 1 N–H and O–H groups in total. The van der Waals surface area contributed by atoms with Crippen molar-refractivity contribution in [3.05, 3.63) is 70.3 Å². The summed E-state index contributed by atoms with van der Waals surface area (Å²) in [5.74, 6) is -0.0863. The normalized spacial score (nSPS) is 10.9. The second-order valence-corrected chi connectivity index (χ2v) is 7.95. The predicted molar refractivity (Wildman–Crippen MR) is 111 cm³/mol. The maximum Gasteiger partial charge on any atom is 0.230 e. The lowest BCUT2D eigenvalue weighted by Gasteiger charge is -2.06. The maximum atomic E-state index is 12.5. The summed E-state index contributed by atoms with van der Waals surface area (Å²) >= 11 is 3.22. The molecule has 0 aliphatic rings. The minimum Gasteiger partial charge on any atom is -0.323 e. The van der Waals surface area contributed by atoms with Crippen LogP contribution < -0.4 is 5.32 Å². The molecule has 5 nitrogen and oxygen atoms in total. The van der Waals surface area contributed by atoms with Gasteiger partial charge in [-0.05, 0) is 37.4 Å². The van der Waals surface area contributed by atoms with Crippen LogP contribution in [0.15, 0.2) is 53.2 Å². The highest BCUT2D eigenvalue weighted by atomic mass is 32.1. The van der Waals surface area contributed by atoms with E-state index in [0.717, 1.165) is 38.3 Å². The monoisotopic (exact) mass is 394 g/mol. The summed E-state index contributed by atoms with van der Waals surface area (Å²) < 4.78 is 1.85. The number of para-hydroxylation sites is 1. The van der Waals surface area contributed by atoms with Crippen molar-refractivity contribution in [1.82, 2.24) is 14.8 Å². The van der Waals surface area contributed by atoms with E-state index >= 15 is 0 Å². The Bertz CT molecular complexity index is 1070. The molecule has 0 spiro atoms. The molecule has 0 saturated carbocycles. The lowest BCUT2D eigenvalue weighted by Crippen LogP contribution is -2.15. The molecule has 3 aromatic heterocycles. The third kappa shape index (κ3) is 3.70. The standard InChI is InChI=1S/C20H18N4OS2/c1-13-19(14(2)24(23-13)16-7-4-3-5-8-16)22-18(25)11-15-12-27-20(21-15)17-9-6-10-26-17/h3-10,12H,11H2,1-2H3,(H,22,25). The fourth-order valence-electron chi connectivity index (χ4n) is 2.89. The first-order valence-corrected chi connectivity index (χ1v) is 10.3. The maximum absolute atomic E-state index is 12.5. The molecule has 0 aliphatic heterocycles. The molecule has 0 bridgehead atoms. The first-order valence-electron chi connectivity index (χ1n) is 8.51. The van der Waals surface area contributed by atoms with Gasteiger partial charge < -0.3 is 5.32 Å². The quantitative estimate of drug-likeness (QED) is 0.526. The van der Waals surface area contributed by atoms with E-state index in [4.69, 9.17) is 0 Å². The van der Waals surface area contributed by atoms with Crippen LogP contribution in [-0.2, 0) is 11.2 Å². The number of hydrogen-bond donors (Lipinski definition) is 1. The predicted octanol–water partition coefficient (Wildman–Crippen LogP) is 4.86. The van der Waals surface area contributed by atoms with Gasteiger partial charge in [0.1, 0.15) is 5.01 Å². The summed E-state index contributed by atoms with van der Waals surface area (Å²) in [5, 5.41) is 12.5. The lowest BCUT2D eigenvalue weighted by atomic mass is 10.2. The van der Waals surface area contributed by atoms with Crippen LogP contribution in [0.1, 0.15) is 17.1 Å². The largest absolute Gasteiger partial charge is 0.323 e. The average Bonchev–Trinajstić information content (AvgIpc) is 3.40. The zero-order valence-corrected chi connectivity index (χ0v) is 16.6. The lowest BCUT2D eigenvalue weighted by molar-refractivity contribution is -0.115. The van der Waals surface area contributed by atoms with Crippen LogP contribution >= 0.6 is 22.7 Å². The summed E-state index contributed by atoms with van der Waals surface area (Å²) in [5.41, 5.74) is 4.22. The number of carbonyl (C=O) groups excluding carboxylic acids is 1. The van der Waals surface area contributed by atoms with Crippen molar-refractivity contribution in [3.63, 3.8) is 0 Å². The number of aromatic nitrogens is 3. The van der Waals surface area contributed by atoms with Crippen molar-refractivity contribution >= 4 is 34.3 Å². The van der Waals surface area contributed by atoms with Gasteiger partial charge >= 0.3 is 0 Å². The van der Waals surface area contributed by atoms with Gasteiger partial charge in [0.25, 0.3) is 0 Å². The molecule has 0 radical (unpaired) electrons. The van der Waals surface area contributed by atoms with Crippen LogP contribution in [0.4, 0.5) is 5.69 Å². The topological polar surface area (TPSA) is 59.8 Å². The van der Waals surface area contributed by atoms with Crippen LogP contribution in [-0.4, -0.2) is 20.7 Å². The van der Waals surface area contributed by atoms with Gasteiger partial charge in [0, 0.05) is 5.38 Å². The summed E-state index contributed by atoms with van der Waals surface area (Å²) in [7, 11) is 0. The molecule has 27 heavy (non-hydrogen) atoms. The van der Waals surface area contributed by atoms with Gasteiger partial charge in [-0.25, -0.2) is 9.67 Å². The molecule has 1 aromatic carbocycles. The van der Waals surface area contributed by atoms with E-state index in [1.54, 1.807) is 22.7 Å². The van der Waals surface area contributed by atoms with Gasteiger partial charge in [-0.2, -0.15) is 5.10 Å². The second-order valence-electron chi connectivity index (χ2n) is 6.14. The highest BCUT2D eigenvalue weighted by molar-refractivity contribution is 7.20. The molecule has 1 amide bonds. The van der Waals surface area contributed by atoms with Gasteiger partial charge in [-0.1, -0.05) is 24.3 Å². The number of nitrogens with one attached hydrogen (secondary N) is 1. The van der Waals surface area contributed by atoms with Crippen molar-refractivity contribution < 1.29 is 4.79 Å². The fourth-order valence-corrected chi connectivity index (χ4v) is 4.53. The Morgan fingerprint density at radius 2 is 1.93 bits per heavy atom. The molecule has 0 unspecified atom stereocenters.